The topological polar surface area (TPSA) is 95.9 Å². The van der Waals surface area contributed by atoms with E-state index in [1.807, 2.05) is 0 Å². The summed E-state index contributed by atoms with van der Waals surface area (Å²) in [4.78, 5) is 16.4. The smallest absolute Gasteiger partial charge is 0.323 e. The van der Waals surface area contributed by atoms with Crippen molar-refractivity contribution in [2.75, 3.05) is 12.4 Å². The quantitative estimate of drug-likeness (QED) is 0.572. The molecule has 0 saturated carbocycles. The van der Waals surface area contributed by atoms with E-state index in [2.05, 4.69) is 15.3 Å². The van der Waals surface area contributed by atoms with E-state index < -0.39 is 0 Å². The molecule has 5 N–H and O–H groups in total. The number of hydrogen-bond donors (Lipinski definition) is 4. The average molecular weight is 238 g/mol. The van der Waals surface area contributed by atoms with Crippen molar-refractivity contribution in [3.63, 3.8) is 0 Å². The zero-order chi connectivity index (χ0) is 11.7. The molecule has 0 aliphatic carbocycles. The number of nitrogens with two attached hydrogens (primary N) is 1. The fourth-order valence-corrected chi connectivity index (χ4v) is 1.57. The molecule has 0 aliphatic heterocycles. The molecular formula is C9H10N4O2S. The van der Waals surface area contributed by atoms with Gasteiger partial charge in [0.15, 0.2) is 5.11 Å². The highest BCUT2D eigenvalue weighted by Crippen LogP contribution is 2.27. The van der Waals surface area contributed by atoms with Crippen LogP contribution in [0.25, 0.3) is 11.0 Å². The van der Waals surface area contributed by atoms with E-state index in [0.717, 1.165) is 0 Å². The number of thiocarbonyl (C=S) groups is 1. The summed E-state index contributed by atoms with van der Waals surface area (Å²) >= 11 is 4.74. The summed E-state index contributed by atoms with van der Waals surface area (Å²) in [7, 11) is 1.52. The fourth-order valence-electron chi connectivity index (χ4n) is 1.46. The first kappa shape index (κ1) is 10.5. The van der Waals surface area contributed by atoms with Gasteiger partial charge in [0.1, 0.15) is 5.75 Å². The molecule has 0 spiro atoms. The Hall–Kier alpha value is -2.02. The van der Waals surface area contributed by atoms with Gasteiger partial charge in [0.05, 0.1) is 23.8 Å². The Morgan fingerprint density at radius 3 is 2.62 bits per heavy atom. The summed E-state index contributed by atoms with van der Waals surface area (Å²) in [5, 5.41) is 2.91. The number of hydrogen-bond acceptors (Lipinski definition) is 3. The lowest BCUT2D eigenvalue weighted by Gasteiger charge is -2.09. The molecular weight excluding hydrogens is 228 g/mol. The van der Waals surface area contributed by atoms with Crippen LogP contribution in [0.5, 0.6) is 5.75 Å². The van der Waals surface area contributed by atoms with Crippen LogP contribution in [-0.2, 0) is 0 Å². The molecule has 0 unspecified atom stereocenters. The molecule has 16 heavy (non-hydrogen) atoms. The van der Waals surface area contributed by atoms with Gasteiger partial charge in [-0.3, -0.25) is 0 Å². The van der Waals surface area contributed by atoms with Crippen LogP contribution in [0.3, 0.4) is 0 Å². The number of methoxy groups -OCH3 is 1. The lowest BCUT2D eigenvalue weighted by atomic mass is 10.2. The molecule has 84 valence electrons. The van der Waals surface area contributed by atoms with Gasteiger partial charge in [-0.2, -0.15) is 0 Å². The number of nitrogens with one attached hydrogen (secondary N) is 3. The summed E-state index contributed by atoms with van der Waals surface area (Å²) < 4.78 is 5.15. The maximum Gasteiger partial charge on any atom is 0.323 e. The SMILES string of the molecule is COc1cc2[nH]c(=O)[nH]c2cc1NC(N)=S. The first-order valence-corrected chi connectivity index (χ1v) is 4.87. The molecule has 6 nitrogen and oxygen atoms in total. The van der Waals surface area contributed by atoms with Gasteiger partial charge in [-0.1, -0.05) is 0 Å². The van der Waals surface area contributed by atoms with Crippen molar-refractivity contribution in [1.29, 1.82) is 0 Å². The van der Waals surface area contributed by atoms with Crippen LogP contribution in [0.2, 0.25) is 0 Å². The Labute approximate surface area is 95.8 Å². The number of fused-ring (bicyclic) bond motifs is 1. The Bertz CT molecular complexity index is 601. The van der Waals surface area contributed by atoms with Gasteiger partial charge in [0.2, 0.25) is 0 Å². The van der Waals surface area contributed by atoms with Crippen molar-refractivity contribution >= 4 is 34.1 Å². The predicted octanol–water partition coefficient (Wildman–Crippen LogP) is 0.520. The molecule has 0 fully saturated rings. The maximum atomic E-state index is 11.1. The van der Waals surface area contributed by atoms with Crippen molar-refractivity contribution in [2.45, 2.75) is 0 Å². The largest absolute Gasteiger partial charge is 0.494 e. The van der Waals surface area contributed by atoms with E-state index in [-0.39, 0.29) is 10.8 Å². The lowest BCUT2D eigenvalue weighted by Crippen LogP contribution is -2.19. The number of benzene rings is 1. The highest BCUT2D eigenvalue weighted by atomic mass is 32.1. The molecule has 0 atom stereocenters. The summed E-state index contributed by atoms with van der Waals surface area (Å²) in [6.07, 6.45) is 0. The molecule has 1 heterocycles. The molecule has 0 saturated heterocycles. The van der Waals surface area contributed by atoms with E-state index >= 15 is 0 Å². The van der Waals surface area contributed by atoms with Crippen molar-refractivity contribution in [3.8, 4) is 5.75 Å². The van der Waals surface area contributed by atoms with E-state index in [4.69, 9.17) is 22.7 Å². The number of ether oxygens (including phenoxy) is 1. The van der Waals surface area contributed by atoms with Gasteiger partial charge >= 0.3 is 5.69 Å². The monoisotopic (exact) mass is 238 g/mol. The summed E-state index contributed by atoms with van der Waals surface area (Å²) in [5.74, 6) is 0.551. The average Bonchev–Trinajstić information content (AvgIpc) is 2.55. The number of aromatic nitrogens is 2. The third kappa shape index (κ3) is 1.84. The molecule has 2 rings (SSSR count). The number of anilines is 1. The predicted molar refractivity (Wildman–Crippen MR) is 65.9 cm³/mol. The van der Waals surface area contributed by atoms with Crippen LogP contribution < -0.4 is 21.5 Å². The Kier molecular flexibility index (Phi) is 2.53. The Morgan fingerprint density at radius 2 is 2.06 bits per heavy atom. The van der Waals surface area contributed by atoms with E-state index in [9.17, 15) is 4.79 Å². The van der Waals surface area contributed by atoms with Gasteiger partial charge in [0.25, 0.3) is 0 Å². The van der Waals surface area contributed by atoms with Gasteiger partial charge in [-0.25, -0.2) is 4.79 Å². The van der Waals surface area contributed by atoms with Crippen molar-refractivity contribution in [2.24, 2.45) is 5.73 Å². The maximum absolute atomic E-state index is 11.1. The van der Waals surface area contributed by atoms with Crippen LogP contribution in [0.1, 0.15) is 0 Å². The van der Waals surface area contributed by atoms with E-state index in [1.54, 1.807) is 12.1 Å². The van der Waals surface area contributed by atoms with Gasteiger partial charge in [-0.15, -0.1) is 0 Å². The summed E-state index contributed by atoms with van der Waals surface area (Å²) in [6.45, 7) is 0. The third-order valence-corrected chi connectivity index (χ3v) is 2.20. The first-order valence-electron chi connectivity index (χ1n) is 4.46. The van der Waals surface area contributed by atoms with E-state index in [1.165, 1.54) is 7.11 Å². The minimum atomic E-state index is -0.274. The molecule has 0 radical (unpaired) electrons. The standard InChI is InChI=1S/C9H10N4O2S/c1-15-7-3-5-4(12-9(14)13-5)2-6(7)11-8(10)16/h2-3H,1H3,(H3,10,11,16)(H2,12,13,14). The Morgan fingerprint density at radius 1 is 1.44 bits per heavy atom. The zero-order valence-electron chi connectivity index (χ0n) is 8.46. The minimum Gasteiger partial charge on any atom is -0.494 e. The van der Waals surface area contributed by atoms with E-state index in [0.29, 0.717) is 22.5 Å². The normalized spacial score (nSPS) is 10.3. The van der Waals surface area contributed by atoms with Crippen molar-refractivity contribution in [3.05, 3.63) is 22.6 Å². The minimum absolute atomic E-state index is 0.135. The first-order chi connectivity index (χ1) is 7.60. The van der Waals surface area contributed by atoms with Crippen LogP contribution >= 0.6 is 12.2 Å². The third-order valence-electron chi connectivity index (χ3n) is 2.09. The van der Waals surface area contributed by atoms with Crippen molar-refractivity contribution < 1.29 is 4.74 Å². The number of H-pyrrole nitrogens is 2. The molecule has 2 aromatic rings. The van der Waals surface area contributed by atoms with Crippen LogP contribution in [-0.4, -0.2) is 22.2 Å². The van der Waals surface area contributed by atoms with Gasteiger partial charge < -0.3 is 25.8 Å². The second-order valence-electron chi connectivity index (χ2n) is 3.17. The second-order valence-corrected chi connectivity index (χ2v) is 3.61. The molecule has 1 aromatic heterocycles. The second kappa shape index (κ2) is 3.86. The van der Waals surface area contributed by atoms with Crippen LogP contribution in [0, 0.1) is 0 Å². The van der Waals surface area contributed by atoms with Gasteiger partial charge in [-0.05, 0) is 18.3 Å². The highest BCUT2D eigenvalue weighted by Gasteiger charge is 2.07. The molecule has 0 bridgehead atoms. The summed E-state index contributed by atoms with van der Waals surface area (Å²) in [5.41, 5.74) is 7.04. The lowest BCUT2D eigenvalue weighted by molar-refractivity contribution is 0.417. The number of imidazole rings is 1. The van der Waals surface area contributed by atoms with Gasteiger partial charge in [0, 0.05) is 6.07 Å². The van der Waals surface area contributed by atoms with Crippen LogP contribution in [0.15, 0.2) is 16.9 Å². The molecule has 7 heteroatoms. The highest BCUT2D eigenvalue weighted by molar-refractivity contribution is 7.80. The molecule has 0 aliphatic rings. The summed E-state index contributed by atoms with van der Waals surface area (Å²) in [6, 6.07) is 3.39. The zero-order valence-corrected chi connectivity index (χ0v) is 9.27. The number of rotatable bonds is 2. The molecule has 1 aromatic carbocycles. The number of aromatic amines is 2. The Balaban J connectivity index is 2.61. The molecule has 0 amide bonds. The van der Waals surface area contributed by atoms with Crippen molar-refractivity contribution in [1.82, 2.24) is 9.97 Å². The fraction of sp³-hybridized carbons (Fsp3) is 0.111. The van der Waals surface area contributed by atoms with Crippen LogP contribution in [0.4, 0.5) is 5.69 Å².